The van der Waals surface area contributed by atoms with Crippen LogP contribution in [0.25, 0.3) is 0 Å². The van der Waals surface area contributed by atoms with E-state index in [2.05, 4.69) is 4.74 Å². The number of hydrogen-bond donors (Lipinski definition) is 1. The highest BCUT2D eigenvalue weighted by Crippen LogP contribution is 2.26. The summed E-state index contributed by atoms with van der Waals surface area (Å²) >= 11 is 0. The number of carbonyl (C=O) groups excluding carboxylic acids is 1. The molecular weight excluding hydrogens is 204 g/mol. The molecule has 0 saturated carbocycles. The lowest BCUT2D eigenvalue weighted by Gasteiger charge is -2.10. The molecule has 0 aliphatic rings. The van der Waals surface area contributed by atoms with E-state index in [9.17, 15) is 13.6 Å². The van der Waals surface area contributed by atoms with Crippen LogP contribution in [0.15, 0.2) is 12.1 Å². The maximum atomic E-state index is 13.2. The average Bonchev–Trinajstić information content (AvgIpc) is 2.15. The van der Waals surface area contributed by atoms with Crippen molar-refractivity contribution in [3.63, 3.8) is 0 Å². The summed E-state index contributed by atoms with van der Waals surface area (Å²) in [6, 6.07) is 2.08. The molecule has 0 aliphatic carbocycles. The van der Waals surface area contributed by atoms with Gasteiger partial charge >= 0.3 is 0 Å². The molecule has 1 amide bonds. The van der Waals surface area contributed by atoms with Crippen LogP contribution in [0.4, 0.5) is 8.78 Å². The number of nitrogens with two attached hydrogens (primary N) is 1. The van der Waals surface area contributed by atoms with Crippen molar-refractivity contribution in [2.75, 3.05) is 7.11 Å². The Kier molecular flexibility index (Phi) is 3.24. The molecule has 1 atom stereocenters. The van der Waals surface area contributed by atoms with Crippen molar-refractivity contribution in [3.8, 4) is 5.75 Å². The summed E-state index contributed by atoms with van der Waals surface area (Å²) in [6.07, 6.45) is 0. The van der Waals surface area contributed by atoms with E-state index in [-0.39, 0.29) is 5.56 Å². The second-order valence-electron chi connectivity index (χ2n) is 3.14. The van der Waals surface area contributed by atoms with Gasteiger partial charge in [0.05, 0.1) is 13.0 Å². The Morgan fingerprint density at radius 3 is 2.20 bits per heavy atom. The lowest BCUT2D eigenvalue weighted by atomic mass is 10.0. The molecule has 0 radical (unpaired) electrons. The van der Waals surface area contributed by atoms with E-state index in [4.69, 9.17) is 5.73 Å². The minimum Gasteiger partial charge on any atom is -0.491 e. The molecule has 1 unspecified atom stereocenters. The Labute approximate surface area is 85.8 Å². The Hall–Kier alpha value is -1.65. The maximum Gasteiger partial charge on any atom is 0.224 e. The van der Waals surface area contributed by atoms with Crippen LogP contribution in [0, 0.1) is 11.6 Å². The molecule has 0 fully saturated rings. The summed E-state index contributed by atoms with van der Waals surface area (Å²) in [4.78, 5) is 10.8. The number of rotatable bonds is 3. The number of methoxy groups -OCH3 is 1. The first-order valence-electron chi connectivity index (χ1n) is 4.29. The molecule has 0 aliphatic heterocycles. The van der Waals surface area contributed by atoms with Gasteiger partial charge < -0.3 is 10.5 Å². The second-order valence-corrected chi connectivity index (χ2v) is 3.14. The first-order chi connectivity index (χ1) is 6.97. The van der Waals surface area contributed by atoms with Crippen LogP contribution < -0.4 is 10.5 Å². The highest BCUT2D eigenvalue weighted by molar-refractivity contribution is 5.81. The fourth-order valence-electron chi connectivity index (χ4n) is 1.19. The van der Waals surface area contributed by atoms with Crippen LogP contribution in [-0.4, -0.2) is 13.0 Å². The highest BCUT2D eigenvalue weighted by Gasteiger charge is 2.17. The SMILES string of the molecule is COc1c(F)cc(C(C)C(N)=O)cc1F. The van der Waals surface area contributed by atoms with Gasteiger partial charge in [-0.05, 0) is 24.6 Å². The maximum absolute atomic E-state index is 13.2. The van der Waals surface area contributed by atoms with Gasteiger partial charge in [-0.1, -0.05) is 0 Å². The van der Waals surface area contributed by atoms with E-state index in [1.54, 1.807) is 0 Å². The second kappa shape index (κ2) is 4.25. The van der Waals surface area contributed by atoms with E-state index >= 15 is 0 Å². The van der Waals surface area contributed by atoms with Crippen LogP contribution in [-0.2, 0) is 4.79 Å². The Morgan fingerprint density at radius 2 is 1.87 bits per heavy atom. The van der Waals surface area contributed by atoms with Gasteiger partial charge in [0.2, 0.25) is 5.91 Å². The standard InChI is InChI=1S/C10H11F2NO2/c1-5(10(13)14)6-3-7(11)9(15-2)8(12)4-6/h3-5H,1-2H3,(H2,13,14). The van der Waals surface area contributed by atoms with Gasteiger partial charge in [-0.15, -0.1) is 0 Å². The van der Waals surface area contributed by atoms with E-state index < -0.39 is 29.2 Å². The minimum atomic E-state index is -0.847. The van der Waals surface area contributed by atoms with Gasteiger partial charge in [0.15, 0.2) is 17.4 Å². The van der Waals surface area contributed by atoms with Crippen molar-refractivity contribution >= 4 is 5.91 Å². The number of ether oxygens (including phenoxy) is 1. The summed E-state index contributed by atoms with van der Waals surface area (Å²) in [5.41, 5.74) is 5.22. The largest absolute Gasteiger partial charge is 0.491 e. The molecule has 0 aromatic heterocycles. The fraction of sp³-hybridized carbons (Fsp3) is 0.300. The minimum absolute atomic E-state index is 0.193. The first kappa shape index (κ1) is 11.4. The third-order valence-corrected chi connectivity index (χ3v) is 2.15. The molecule has 0 bridgehead atoms. The Morgan fingerprint density at radius 1 is 1.40 bits per heavy atom. The van der Waals surface area contributed by atoms with Crippen molar-refractivity contribution in [2.45, 2.75) is 12.8 Å². The molecule has 1 aromatic rings. The van der Waals surface area contributed by atoms with Crippen molar-refractivity contribution in [2.24, 2.45) is 5.73 Å². The van der Waals surface area contributed by atoms with Crippen LogP contribution in [0.3, 0.4) is 0 Å². The lowest BCUT2D eigenvalue weighted by molar-refractivity contribution is -0.119. The van der Waals surface area contributed by atoms with Gasteiger partial charge in [0.1, 0.15) is 0 Å². The summed E-state index contributed by atoms with van der Waals surface area (Å²) in [5, 5.41) is 0. The molecule has 5 heteroatoms. The van der Waals surface area contributed by atoms with Gasteiger partial charge in [-0.2, -0.15) is 0 Å². The smallest absolute Gasteiger partial charge is 0.224 e. The highest BCUT2D eigenvalue weighted by atomic mass is 19.1. The van der Waals surface area contributed by atoms with Crippen LogP contribution in [0.1, 0.15) is 18.4 Å². The predicted molar refractivity (Wildman–Crippen MR) is 50.5 cm³/mol. The Balaban J connectivity index is 3.19. The molecule has 82 valence electrons. The molecule has 2 N–H and O–H groups in total. The zero-order valence-corrected chi connectivity index (χ0v) is 8.38. The molecule has 0 spiro atoms. The number of hydrogen-bond acceptors (Lipinski definition) is 2. The van der Waals surface area contributed by atoms with Gasteiger partial charge in [0.25, 0.3) is 0 Å². The molecule has 3 nitrogen and oxygen atoms in total. The van der Waals surface area contributed by atoms with E-state index in [0.29, 0.717) is 0 Å². The molecule has 0 heterocycles. The van der Waals surface area contributed by atoms with Crippen molar-refractivity contribution in [1.82, 2.24) is 0 Å². The molecule has 0 saturated heterocycles. The zero-order chi connectivity index (χ0) is 11.6. The topological polar surface area (TPSA) is 52.3 Å². The number of halogens is 2. The summed E-state index contributed by atoms with van der Waals surface area (Å²) < 4.78 is 30.9. The van der Waals surface area contributed by atoms with Gasteiger partial charge in [0, 0.05) is 0 Å². The fourth-order valence-corrected chi connectivity index (χ4v) is 1.19. The number of amides is 1. The lowest BCUT2D eigenvalue weighted by Crippen LogP contribution is -2.19. The zero-order valence-electron chi connectivity index (χ0n) is 8.38. The molecular formula is C10H11F2NO2. The third-order valence-electron chi connectivity index (χ3n) is 2.15. The summed E-state index contributed by atoms with van der Waals surface area (Å²) in [6.45, 7) is 1.48. The van der Waals surface area contributed by atoms with Crippen molar-refractivity contribution in [1.29, 1.82) is 0 Å². The molecule has 1 rings (SSSR count). The summed E-state index contributed by atoms with van der Waals surface area (Å²) in [7, 11) is 1.17. The first-order valence-corrected chi connectivity index (χ1v) is 4.29. The van der Waals surface area contributed by atoms with Crippen molar-refractivity contribution in [3.05, 3.63) is 29.3 Å². The quantitative estimate of drug-likeness (QED) is 0.831. The summed E-state index contributed by atoms with van der Waals surface area (Å²) in [5.74, 6) is -3.53. The number of benzene rings is 1. The third kappa shape index (κ3) is 2.23. The van der Waals surface area contributed by atoms with Crippen LogP contribution in [0.5, 0.6) is 5.75 Å². The van der Waals surface area contributed by atoms with Crippen LogP contribution >= 0.6 is 0 Å². The van der Waals surface area contributed by atoms with Gasteiger partial charge in [-0.25, -0.2) is 8.78 Å². The number of primary amides is 1. The predicted octanol–water partition coefficient (Wildman–Crippen LogP) is 1.56. The average molecular weight is 215 g/mol. The van der Waals surface area contributed by atoms with Gasteiger partial charge in [-0.3, -0.25) is 4.79 Å². The van der Waals surface area contributed by atoms with Crippen molar-refractivity contribution < 1.29 is 18.3 Å². The van der Waals surface area contributed by atoms with E-state index in [1.807, 2.05) is 0 Å². The Bertz CT molecular complexity index is 370. The van der Waals surface area contributed by atoms with Crippen LogP contribution in [0.2, 0.25) is 0 Å². The van der Waals surface area contributed by atoms with E-state index in [1.165, 1.54) is 14.0 Å². The normalized spacial score (nSPS) is 12.3. The molecule has 15 heavy (non-hydrogen) atoms. The monoisotopic (exact) mass is 215 g/mol. The number of carbonyl (C=O) groups is 1. The molecule has 1 aromatic carbocycles. The van der Waals surface area contributed by atoms with E-state index in [0.717, 1.165) is 12.1 Å².